The summed E-state index contributed by atoms with van der Waals surface area (Å²) >= 11 is 7.31. The zero-order valence-electron chi connectivity index (χ0n) is 13.0. The number of pyridine rings is 1. The van der Waals surface area contributed by atoms with Crippen LogP contribution < -0.4 is 0 Å². The lowest BCUT2D eigenvalue weighted by Crippen LogP contribution is -2.30. The third-order valence-corrected chi connectivity index (χ3v) is 5.37. The van der Waals surface area contributed by atoms with Crippen molar-refractivity contribution in [1.82, 2.24) is 9.88 Å². The van der Waals surface area contributed by atoms with Gasteiger partial charge in [-0.1, -0.05) is 36.5 Å². The van der Waals surface area contributed by atoms with Gasteiger partial charge in [0.15, 0.2) is 0 Å². The quantitative estimate of drug-likeness (QED) is 0.640. The molecule has 0 saturated heterocycles. The van der Waals surface area contributed by atoms with Gasteiger partial charge in [-0.2, -0.15) is 0 Å². The monoisotopic (exact) mass is 350 g/mol. The van der Waals surface area contributed by atoms with Crippen molar-refractivity contribution in [2.45, 2.75) is 13.5 Å². The van der Waals surface area contributed by atoms with E-state index in [1.54, 1.807) is 16.2 Å². The molecule has 1 aliphatic heterocycles. The van der Waals surface area contributed by atoms with Gasteiger partial charge in [0.25, 0.3) is 5.91 Å². The highest BCUT2D eigenvalue weighted by molar-refractivity contribution is 7.80. The van der Waals surface area contributed by atoms with Crippen LogP contribution in [-0.4, -0.2) is 20.8 Å². The van der Waals surface area contributed by atoms with Crippen LogP contribution in [-0.2, 0) is 6.54 Å². The highest BCUT2D eigenvalue weighted by Crippen LogP contribution is 2.35. The van der Waals surface area contributed by atoms with E-state index in [1.165, 1.54) is 0 Å². The molecule has 0 radical (unpaired) electrons. The lowest BCUT2D eigenvalue weighted by atomic mass is 10.1. The summed E-state index contributed by atoms with van der Waals surface area (Å²) in [7, 11) is 0. The van der Waals surface area contributed by atoms with Crippen LogP contribution in [0.4, 0.5) is 0 Å². The van der Waals surface area contributed by atoms with Gasteiger partial charge in [-0.15, -0.1) is 11.3 Å². The first-order valence-electron chi connectivity index (χ1n) is 7.61. The second kappa shape index (κ2) is 5.92. The summed E-state index contributed by atoms with van der Waals surface area (Å²) in [5.41, 5.74) is 4.45. The first-order valence-corrected chi connectivity index (χ1v) is 8.89. The number of carbonyl (C=O) groups excluding carboxylic acids is 1. The van der Waals surface area contributed by atoms with Gasteiger partial charge in [0, 0.05) is 27.3 Å². The topological polar surface area (TPSA) is 33.2 Å². The average Bonchev–Trinajstić information content (AvgIpc) is 3.23. The summed E-state index contributed by atoms with van der Waals surface area (Å²) in [6.07, 6.45) is 0. The van der Waals surface area contributed by atoms with Crippen molar-refractivity contribution < 1.29 is 4.79 Å². The summed E-state index contributed by atoms with van der Waals surface area (Å²) in [6, 6.07) is 15.4. The van der Waals surface area contributed by atoms with Crippen LogP contribution >= 0.6 is 23.6 Å². The molecular formula is C19H14N2OS2. The summed E-state index contributed by atoms with van der Waals surface area (Å²) in [5, 5.41) is 2.04. The second-order valence-corrected chi connectivity index (χ2v) is 7.01. The van der Waals surface area contributed by atoms with Crippen molar-refractivity contribution >= 4 is 34.5 Å². The zero-order chi connectivity index (χ0) is 16.7. The number of aryl methyl sites for hydroxylation is 1. The highest BCUT2D eigenvalue weighted by atomic mass is 32.1. The number of benzene rings is 1. The minimum Gasteiger partial charge on any atom is -0.292 e. The number of thiocarbonyl (C=S) groups is 1. The molecular weight excluding hydrogens is 336 g/mol. The molecule has 1 aromatic carbocycles. The van der Waals surface area contributed by atoms with E-state index in [0.29, 0.717) is 17.1 Å². The molecule has 3 nitrogen and oxygen atoms in total. The first-order chi connectivity index (χ1) is 11.6. The SMILES string of the molecule is Cc1cc(-c2cccs2)c2c(n1)CN(C(=O)c1ccccc1)C2=S. The van der Waals surface area contributed by atoms with Crippen LogP contribution in [0.25, 0.3) is 10.4 Å². The standard InChI is InChI=1S/C19H14N2OS2/c1-12-10-14(16-8-5-9-24-16)17-15(20-12)11-21(19(17)23)18(22)13-6-3-2-4-7-13/h2-10H,11H2,1H3. The molecule has 1 amide bonds. The number of thiophene rings is 1. The zero-order valence-corrected chi connectivity index (χ0v) is 14.7. The van der Waals surface area contributed by atoms with Gasteiger partial charge < -0.3 is 0 Å². The van der Waals surface area contributed by atoms with Gasteiger partial charge >= 0.3 is 0 Å². The third kappa shape index (κ3) is 2.46. The van der Waals surface area contributed by atoms with Crippen LogP contribution in [0, 0.1) is 6.92 Å². The Morgan fingerprint density at radius 3 is 2.71 bits per heavy atom. The minimum absolute atomic E-state index is 0.0756. The Balaban J connectivity index is 1.78. The molecule has 24 heavy (non-hydrogen) atoms. The van der Waals surface area contributed by atoms with Crippen molar-refractivity contribution in [3.8, 4) is 10.4 Å². The maximum atomic E-state index is 12.8. The normalized spacial score (nSPS) is 13.2. The Kier molecular flexibility index (Phi) is 3.75. The molecule has 0 atom stereocenters. The lowest BCUT2D eigenvalue weighted by molar-refractivity contribution is 0.0847. The van der Waals surface area contributed by atoms with E-state index in [2.05, 4.69) is 11.1 Å². The number of rotatable bonds is 2. The van der Waals surface area contributed by atoms with Gasteiger partial charge in [-0.25, -0.2) is 0 Å². The largest absolute Gasteiger partial charge is 0.292 e. The Morgan fingerprint density at radius 2 is 2.00 bits per heavy atom. The Labute approximate surface area is 149 Å². The van der Waals surface area contributed by atoms with Crippen molar-refractivity contribution in [1.29, 1.82) is 0 Å². The van der Waals surface area contributed by atoms with E-state index in [9.17, 15) is 4.79 Å². The van der Waals surface area contributed by atoms with E-state index < -0.39 is 0 Å². The Hall–Kier alpha value is -2.37. The number of hydrogen-bond donors (Lipinski definition) is 0. The molecule has 0 bridgehead atoms. The van der Waals surface area contributed by atoms with Crippen LogP contribution in [0.3, 0.4) is 0 Å². The third-order valence-electron chi connectivity index (χ3n) is 4.04. The minimum atomic E-state index is -0.0756. The maximum Gasteiger partial charge on any atom is 0.259 e. The molecule has 3 aromatic rings. The molecule has 118 valence electrons. The fourth-order valence-electron chi connectivity index (χ4n) is 2.97. The number of hydrogen-bond acceptors (Lipinski definition) is 4. The van der Waals surface area contributed by atoms with Gasteiger partial charge in [-0.3, -0.25) is 14.7 Å². The molecule has 1 aliphatic rings. The number of amides is 1. The molecule has 0 spiro atoms. The fraction of sp³-hybridized carbons (Fsp3) is 0.105. The molecule has 3 heterocycles. The van der Waals surface area contributed by atoms with Gasteiger partial charge in [0.05, 0.1) is 12.2 Å². The Bertz CT molecular complexity index is 934. The predicted molar refractivity (Wildman–Crippen MR) is 100 cm³/mol. The fourth-order valence-corrected chi connectivity index (χ4v) is 4.10. The van der Waals surface area contributed by atoms with E-state index >= 15 is 0 Å². The van der Waals surface area contributed by atoms with E-state index in [-0.39, 0.29) is 5.91 Å². The number of nitrogens with zero attached hydrogens (tertiary/aromatic N) is 2. The molecule has 4 rings (SSSR count). The second-order valence-electron chi connectivity index (χ2n) is 5.67. The summed E-state index contributed by atoms with van der Waals surface area (Å²) < 4.78 is 0. The molecule has 2 aromatic heterocycles. The van der Waals surface area contributed by atoms with Crippen molar-refractivity contribution in [2.75, 3.05) is 0 Å². The van der Waals surface area contributed by atoms with Crippen LogP contribution in [0.2, 0.25) is 0 Å². The first kappa shape index (κ1) is 15.2. The van der Waals surface area contributed by atoms with E-state index in [0.717, 1.165) is 27.4 Å². The summed E-state index contributed by atoms with van der Waals surface area (Å²) in [4.78, 5) is 20.8. The molecule has 0 N–H and O–H groups in total. The summed E-state index contributed by atoms with van der Waals surface area (Å²) in [5.74, 6) is -0.0756. The molecule has 0 fully saturated rings. The van der Waals surface area contributed by atoms with Crippen LogP contribution in [0.5, 0.6) is 0 Å². The number of fused-ring (bicyclic) bond motifs is 1. The molecule has 0 saturated carbocycles. The number of aromatic nitrogens is 1. The van der Waals surface area contributed by atoms with Crippen LogP contribution in [0.1, 0.15) is 27.3 Å². The lowest BCUT2D eigenvalue weighted by Gasteiger charge is -2.16. The van der Waals surface area contributed by atoms with Gasteiger partial charge in [0.1, 0.15) is 4.99 Å². The highest BCUT2D eigenvalue weighted by Gasteiger charge is 2.33. The molecule has 0 unspecified atom stereocenters. The average molecular weight is 350 g/mol. The smallest absolute Gasteiger partial charge is 0.259 e. The molecule has 5 heteroatoms. The Morgan fingerprint density at radius 1 is 1.21 bits per heavy atom. The molecule has 0 aliphatic carbocycles. The van der Waals surface area contributed by atoms with Gasteiger partial charge in [0.2, 0.25) is 0 Å². The van der Waals surface area contributed by atoms with E-state index in [1.807, 2.05) is 54.8 Å². The van der Waals surface area contributed by atoms with Crippen LogP contribution in [0.15, 0.2) is 53.9 Å². The summed E-state index contributed by atoms with van der Waals surface area (Å²) in [6.45, 7) is 2.41. The number of carbonyl (C=O) groups is 1. The van der Waals surface area contributed by atoms with Crippen molar-refractivity contribution in [3.63, 3.8) is 0 Å². The predicted octanol–water partition coefficient (Wildman–Crippen LogP) is 4.45. The maximum absolute atomic E-state index is 12.8. The van der Waals surface area contributed by atoms with Gasteiger partial charge in [-0.05, 0) is 36.6 Å². The van der Waals surface area contributed by atoms with Crippen molar-refractivity contribution in [3.05, 3.63) is 76.4 Å². The van der Waals surface area contributed by atoms with E-state index in [4.69, 9.17) is 12.2 Å². The van der Waals surface area contributed by atoms with Crippen molar-refractivity contribution in [2.24, 2.45) is 0 Å².